The van der Waals surface area contributed by atoms with E-state index in [1.54, 1.807) is 25.4 Å². The first-order valence-corrected chi connectivity index (χ1v) is 9.46. The summed E-state index contributed by atoms with van der Waals surface area (Å²) in [5.74, 6) is 2.06. The number of ether oxygens (including phenoxy) is 3. The van der Waals surface area contributed by atoms with Crippen LogP contribution in [0.5, 0.6) is 17.2 Å². The number of benzene rings is 2. The number of methoxy groups -OCH3 is 1. The second kappa shape index (κ2) is 8.05. The zero-order chi connectivity index (χ0) is 20.4. The van der Waals surface area contributed by atoms with Gasteiger partial charge in [0.1, 0.15) is 30.8 Å². The van der Waals surface area contributed by atoms with Crippen molar-refractivity contribution in [2.45, 2.75) is 6.04 Å². The van der Waals surface area contributed by atoms with Gasteiger partial charge in [0.25, 0.3) is 5.91 Å². The first kappa shape index (κ1) is 19.1. The molecule has 29 heavy (non-hydrogen) atoms. The minimum absolute atomic E-state index is 0.298. The van der Waals surface area contributed by atoms with Crippen LogP contribution in [0.3, 0.4) is 0 Å². The van der Waals surface area contributed by atoms with E-state index in [4.69, 9.17) is 25.8 Å². The Bertz CT molecular complexity index is 1030. The van der Waals surface area contributed by atoms with Crippen LogP contribution in [0.4, 0.5) is 0 Å². The number of hydrogen-bond donors (Lipinski definition) is 1. The second-order valence-corrected chi connectivity index (χ2v) is 6.97. The summed E-state index contributed by atoms with van der Waals surface area (Å²) in [6.45, 7) is 0.840. The molecule has 1 aliphatic rings. The fourth-order valence-corrected chi connectivity index (χ4v) is 3.47. The topological polar surface area (TPSA) is 74.6 Å². The van der Waals surface area contributed by atoms with E-state index in [0.717, 1.165) is 11.3 Å². The Hall–Kier alpha value is -3.19. The Kier molecular flexibility index (Phi) is 5.31. The summed E-state index contributed by atoms with van der Waals surface area (Å²) in [4.78, 5) is 17.5. The van der Waals surface area contributed by atoms with Crippen molar-refractivity contribution in [1.29, 1.82) is 0 Å². The molecule has 1 N–H and O–H groups in total. The summed E-state index contributed by atoms with van der Waals surface area (Å²) >= 11 is 6.29. The van der Waals surface area contributed by atoms with Gasteiger partial charge < -0.3 is 24.1 Å². The number of carbonyl (C=O) groups excluding carboxylic acids is 1. The van der Waals surface area contributed by atoms with Crippen molar-refractivity contribution in [2.75, 3.05) is 20.3 Å². The van der Waals surface area contributed by atoms with Crippen LogP contribution >= 0.6 is 11.6 Å². The number of nitrogens with zero attached hydrogens (tertiary/aromatic N) is 2. The van der Waals surface area contributed by atoms with Crippen molar-refractivity contribution in [2.24, 2.45) is 7.05 Å². The molecule has 0 saturated heterocycles. The van der Waals surface area contributed by atoms with Gasteiger partial charge in [0.15, 0.2) is 11.5 Å². The number of aromatic nitrogens is 2. The van der Waals surface area contributed by atoms with Crippen LogP contribution in [0.1, 0.15) is 27.8 Å². The lowest BCUT2D eigenvalue weighted by Gasteiger charge is -2.22. The van der Waals surface area contributed by atoms with Crippen molar-refractivity contribution < 1.29 is 19.0 Å². The molecule has 0 unspecified atom stereocenters. The SMILES string of the molecule is COc1ccc([C@H](NC(=O)c2cc(Cl)c3c(c2)OCCO3)c2nccn2C)cc1. The Balaban J connectivity index is 1.66. The third-order valence-electron chi connectivity index (χ3n) is 4.70. The van der Waals surface area contributed by atoms with Gasteiger partial charge >= 0.3 is 0 Å². The molecule has 4 rings (SSSR count). The highest BCUT2D eigenvalue weighted by molar-refractivity contribution is 6.32. The molecule has 0 fully saturated rings. The molecule has 2 heterocycles. The van der Waals surface area contributed by atoms with Crippen molar-refractivity contribution in [3.05, 3.63) is 70.8 Å². The highest BCUT2D eigenvalue weighted by atomic mass is 35.5. The van der Waals surface area contributed by atoms with E-state index in [0.29, 0.717) is 41.1 Å². The molecule has 1 aliphatic heterocycles. The Morgan fingerprint density at radius 1 is 1.24 bits per heavy atom. The standard InChI is InChI=1S/C21H20ClN3O4/c1-25-8-7-23-20(25)18(13-3-5-15(27-2)6-4-13)24-21(26)14-11-16(22)19-17(12-14)28-9-10-29-19/h3-8,11-12,18H,9-10H2,1-2H3,(H,24,26)/t18-/m0/s1. The summed E-state index contributed by atoms with van der Waals surface area (Å²) in [6, 6.07) is 10.2. The molecule has 8 heteroatoms. The molecule has 0 radical (unpaired) electrons. The molecule has 7 nitrogen and oxygen atoms in total. The van der Waals surface area contributed by atoms with Gasteiger partial charge in [0.05, 0.1) is 12.1 Å². The zero-order valence-corrected chi connectivity index (χ0v) is 16.8. The van der Waals surface area contributed by atoms with Gasteiger partial charge in [0, 0.05) is 25.0 Å². The summed E-state index contributed by atoms with van der Waals surface area (Å²) in [7, 11) is 3.49. The Labute approximate surface area is 173 Å². The van der Waals surface area contributed by atoms with Crippen LogP contribution in [0, 0.1) is 0 Å². The third-order valence-corrected chi connectivity index (χ3v) is 4.98. The molecule has 1 aromatic heterocycles. The minimum Gasteiger partial charge on any atom is -0.497 e. The first-order chi connectivity index (χ1) is 14.1. The van der Waals surface area contributed by atoms with Crippen LogP contribution in [0.15, 0.2) is 48.8 Å². The lowest BCUT2D eigenvalue weighted by Crippen LogP contribution is -2.31. The maximum atomic E-state index is 13.1. The maximum Gasteiger partial charge on any atom is 0.252 e. The van der Waals surface area contributed by atoms with Gasteiger partial charge in [-0.05, 0) is 29.8 Å². The molecular weight excluding hydrogens is 394 g/mol. The highest BCUT2D eigenvalue weighted by Gasteiger charge is 2.24. The number of halogens is 1. The molecule has 2 aromatic carbocycles. The van der Waals surface area contributed by atoms with E-state index in [-0.39, 0.29) is 5.91 Å². The largest absolute Gasteiger partial charge is 0.497 e. The lowest BCUT2D eigenvalue weighted by molar-refractivity contribution is 0.0940. The number of nitrogens with one attached hydrogen (secondary N) is 1. The smallest absolute Gasteiger partial charge is 0.252 e. The molecule has 3 aromatic rings. The number of fused-ring (bicyclic) bond motifs is 1. The van der Waals surface area contributed by atoms with Crippen LogP contribution < -0.4 is 19.5 Å². The zero-order valence-electron chi connectivity index (χ0n) is 16.0. The number of carbonyl (C=O) groups is 1. The predicted octanol–water partition coefficient (Wildman–Crippen LogP) is 3.37. The van der Waals surface area contributed by atoms with E-state index in [1.165, 1.54) is 0 Å². The highest BCUT2D eigenvalue weighted by Crippen LogP contribution is 2.38. The van der Waals surface area contributed by atoms with Crippen molar-refractivity contribution in [3.63, 3.8) is 0 Å². The molecule has 1 amide bonds. The summed E-state index contributed by atoms with van der Waals surface area (Å²) < 4.78 is 18.2. The van der Waals surface area contributed by atoms with Crippen molar-refractivity contribution in [3.8, 4) is 17.2 Å². The van der Waals surface area contributed by atoms with Gasteiger partial charge in [-0.1, -0.05) is 23.7 Å². The third kappa shape index (κ3) is 3.86. The number of aryl methyl sites for hydroxylation is 1. The fourth-order valence-electron chi connectivity index (χ4n) is 3.20. The van der Waals surface area contributed by atoms with Crippen molar-refractivity contribution in [1.82, 2.24) is 14.9 Å². The molecule has 0 spiro atoms. The average molecular weight is 414 g/mol. The van der Waals surface area contributed by atoms with E-state index in [2.05, 4.69) is 10.3 Å². The number of hydrogen-bond acceptors (Lipinski definition) is 5. The average Bonchev–Trinajstić information content (AvgIpc) is 3.17. The minimum atomic E-state index is -0.458. The molecule has 0 bridgehead atoms. The van der Waals surface area contributed by atoms with Gasteiger partial charge in [-0.3, -0.25) is 4.79 Å². The fraction of sp³-hybridized carbons (Fsp3) is 0.238. The number of imidazole rings is 1. The Morgan fingerprint density at radius 3 is 2.69 bits per heavy atom. The number of amides is 1. The summed E-state index contributed by atoms with van der Waals surface area (Å²) in [5.41, 5.74) is 1.25. The summed E-state index contributed by atoms with van der Waals surface area (Å²) in [6.07, 6.45) is 3.53. The van der Waals surface area contributed by atoms with E-state index in [1.807, 2.05) is 42.1 Å². The van der Waals surface area contributed by atoms with Crippen LogP contribution in [0.25, 0.3) is 0 Å². The van der Waals surface area contributed by atoms with E-state index >= 15 is 0 Å². The second-order valence-electron chi connectivity index (χ2n) is 6.56. The van der Waals surface area contributed by atoms with Gasteiger partial charge in [-0.25, -0.2) is 4.98 Å². The van der Waals surface area contributed by atoms with Crippen LogP contribution in [-0.2, 0) is 7.05 Å². The predicted molar refractivity (Wildman–Crippen MR) is 108 cm³/mol. The normalized spacial score (nSPS) is 13.6. The van der Waals surface area contributed by atoms with E-state index < -0.39 is 6.04 Å². The summed E-state index contributed by atoms with van der Waals surface area (Å²) in [5, 5.41) is 3.38. The number of rotatable bonds is 5. The van der Waals surface area contributed by atoms with Gasteiger partial charge in [-0.15, -0.1) is 0 Å². The monoisotopic (exact) mass is 413 g/mol. The molecule has 0 aliphatic carbocycles. The molecule has 1 atom stereocenters. The molecular formula is C21H20ClN3O4. The quantitative estimate of drug-likeness (QED) is 0.694. The molecule has 150 valence electrons. The molecule has 0 saturated carbocycles. The van der Waals surface area contributed by atoms with Gasteiger partial charge in [0.2, 0.25) is 0 Å². The first-order valence-electron chi connectivity index (χ1n) is 9.08. The van der Waals surface area contributed by atoms with Crippen molar-refractivity contribution >= 4 is 17.5 Å². The maximum absolute atomic E-state index is 13.1. The van der Waals surface area contributed by atoms with Gasteiger partial charge in [-0.2, -0.15) is 0 Å². The Morgan fingerprint density at radius 2 is 2.00 bits per heavy atom. The lowest BCUT2D eigenvalue weighted by atomic mass is 10.0. The van der Waals surface area contributed by atoms with Crippen LogP contribution in [0.2, 0.25) is 5.02 Å². The van der Waals surface area contributed by atoms with E-state index in [9.17, 15) is 4.79 Å². The van der Waals surface area contributed by atoms with Crippen LogP contribution in [-0.4, -0.2) is 35.8 Å².